The number of nitrogens with two attached hydrogens (primary N) is 1. The number of aryl methyl sites for hydroxylation is 1. The Kier molecular flexibility index (Phi) is 4.81. The first kappa shape index (κ1) is 19.1. The summed E-state index contributed by atoms with van der Waals surface area (Å²) in [6, 6.07) is 17.8. The average molecular weight is 405 g/mol. The molecule has 1 atom stereocenters. The van der Waals surface area contributed by atoms with E-state index in [4.69, 9.17) is 21.8 Å². The smallest absolute Gasteiger partial charge is 0.230 e. The fourth-order valence-electron chi connectivity index (χ4n) is 3.69. The number of anilines is 2. The van der Waals surface area contributed by atoms with Gasteiger partial charge in [0.1, 0.15) is 11.5 Å². The summed E-state index contributed by atoms with van der Waals surface area (Å²) in [4.78, 5) is 6.32. The molecule has 6 heteroatoms. The molecule has 3 aromatic rings. The van der Waals surface area contributed by atoms with Crippen molar-refractivity contribution in [1.29, 1.82) is 5.26 Å². The molecule has 0 fully saturated rings. The molecule has 0 saturated carbocycles. The average Bonchev–Trinajstić information content (AvgIpc) is 3.07. The number of hydrogen-bond donors (Lipinski definition) is 1. The van der Waals surface area contributed by atoms with E-state index in [1.165, 1.54) is 5.56 Å². The number of allylic oxidation sites excluding steroid dienone is 1. The maximum Gasteiger partial charge on any atom is 0.230 e. The molecule has 0 amide bonds. The second kappa shape index (κ2) is 7.31. The number of nitrogens with zero attached hydrogens (tertiary/aromatic N) is 3. The Morgan fingerprint density at radius 1 is 1.21 bits per heavy atom. The van der Waals surface area contributed by atoms with E-state index < -0.39 is 0 Å². The van der Waals surface area contributed by atoms with Gasteiger partial charge < -0.3 is 10.2 Å². The van der Waals surface area contributed by atoms with Crippen LogP contribution < -0.4 is 10.6 Å². The lowest BCUT2D eigenvalue weighted by Gasteiger charge is -2.31. The summed E-state index contributed by atoms with van der Waals surface area (Å²) in [6.07, 6.45) is 0. The number of oxazole rings is 1. The molecule has 0 bridgehead atoms. The molecule has 0 spiro atoms. The van der Waals surface area contributed by atoms with Crippen LogP contribution in [-0.2, 0) is 0 Å². The predicted molar refractivity (Wildman–Crippen MR) is 114 cm³/mol. The van der Waals surface area contributed by atoms with Crippen molar-refractivity contribution < 1.29 is 4.42 Å². The highest BCUT2D eigenvalue weighted by atomic mass is 35.5. The molecule has 1 aromatic heterocycles. The molecule has 146 valence electrons. The van der Waals surface area contributed by atoms with Crippen LogP contribution in [0, 0.1) is 18.3 Å². The van der Waals surface area contributed by atoms with Gasteiger partial charge in [-0.15, -0.1) is 0 Å². The maximum absolute atomic E-state index is 9.99. The number of aromatic nitrogens is 1. The highest BCUT2D eigenvalue weighted by Crippen LogP contribution is 2.46. The van der Waals surface area contributed by atoms with Gasteiger partial charge in [-0.2, -0.15) is 5.26 Å². The van der Waals surface area contributed by atoms with Crippen LogP contribution in [0.25, 0.3) is 0 Å². The molecule has 2 aromatic carbocycles. The fourth-order valence-corrected chi connectivity index (χ4v) is 3.87. The van der Waals surface area contributed by atoms with Gasteiger partial charge in [0.15, 0.2) is 5.89 Å². The van der Waals surface area contributed by atoms with Crippen molar-refractivity contribution in [1.82, 2.24) is 4.98 Å². The fraction of sp³-hybridized carbons (Fsp3) is 0.217. The normalized spacial score (nSPS) is 16.1. The van der Waals surface area contributed by atoms with E-state index in [1.54, 1.807) is 24.0 Å². The minimum absolute atomic E-state index is 0.316. The van der Waals surface area contributed by atoms with Gasteiger partial charge in [-0.25, -0.2) is 4.98 Å². The second-order valence-electron chi connectivity index (χ2n) is 7.40. The van der Waals surface area contributed by atoms with Crippen molar-refractivity contribution in [3.63, 3.8) is 0 Å². The molecule has 0 saturated heterocycles. The standard InChI is InChI=1S/C23H21ClN4O/c1-13(2)15-7-9-16(10-8-15)20-19(12-25)22(26)28(18-6-4-5-17(24)11-18)23-21(20)27-14(3)29-23/h4-11,13,20H,26H2,1-3H3. The van der Waals surface area contributed by atoms with Crippen molar-refractivity contribution in [3.05, 3.63) is 87.7 Å². The first-order valence-electron chi connectivity index (χ1n) is 9.43. The van der Waals surface area contributed by atoms with Gasteiger partial charge in [-0.3, -0.25) is 4.90 Å². The van der Waals surface area contributed by atoms with Gasteiger partial charge in [0.25, 0.3) is 0 Å². The highest BCUT2D eigenvalue weighted by Gasteiger charge is 2.38. The Hall–Kier alpha value is -3.23. The number of rotatable bonds is 3. The van der Waals surface area contributed by atoms with Crippen LogP contribution >= 0.6 is 11.6 Å². The summed E-state index contributed by atoms with van der Waals surface area (Å²) in [5.74, 6) is 1.38. The molecule has 29 heavy (non-hydrogen) atoms. The van der Waals surface area contributed by atoms with Crippen LogP contribution in [0.15, 0.2) is 64.3 Å². The summed E-state index contributed by atoms with van der Waals surface area (Å²) in [5, 5.41) is 10.6. The molecular formula is C23H21ClN4O. The van der Waals surface area contributed by atoms with Crippen LogP contribution in [-0.4, -0.2) is 4.98 Å². The lowest BCUT2D eigenvalue weighted by atomic mass is 9.85. The number of halogens is 1. The summed E-state index contributed by atoms with van der Waals surface area (Å²) >= 11 is 6.18. The van der Waals surface area contributed by atoms with Crippen molar-refractivity contribution in [3.8, 4) is 6.07 Å². The van der Waals surface area contributed by atoms with E-state index in [-0.39, 0.29) is 5.92 Å². The van der Waals surface area contributed by atoms with Gasteiger partial charge in [-0.05, 0) is 35.2 Å². The maximum atomic E-state index is 9.99. The third kappa shape index (κ3) is 3.26. The van der Waals surface area contributed by atoms with Gasteiger partial charge in [-0.1, -0.05) is 55.8 Å². The highest BCUT2D eigenvalue weighted by molar-refractivity contribution is 6.30. The molecule has 1 aliphatic heterocycles. The minimum atomic E-state index is -0.385. The molecule has 4 rings (SSSR count). The molecule has 0 radical (unpaired) electrons. The monoisotopic (exact) mass is 404 g/mol. The first-order valence-corrected chi connectivity index (χ1v) is 9.81. The summed E-state index contributed by atoms with van der Waals surface area (Å²) in [6.45, 7) is 6.09. The number of hydrogen-bond acceptors (Lipinski definition) is 5. The third-order valence-corrected chi connectivity index (χ3v) is 5.38. The third-order valence-electron chi connectivity index (χ3n) is 5.15. The Morgan fingerprint density at radius 2 is 1.93 bits per heavy atom. The largest absolute Gasteiger partial charge is 0.424 e. The Bertz CT molecular complexity index is 1140. The van der Waals surface area contributed by atoms with Crippen molar-refractivity contribution in [2.75, 3.05) is 4.90 Å². The molecule has 2 heterocycles. The Balaban J connectivity index is 1.91. The zero-order valence-corrected chi connectivity index (χ0v) is 17.2. The van der Waals surface area contributed by atoms with Gasteiger partial charge in [0.05, 0.1) is 23.2 Å². The SMILES string of the molecule is Cc1nc2c(o1)N(c1cccc(Cl)c1)C(N)=C(C#N)C2c1ccc(C(C)C)cc1. The molecule has 5 nitrogen and oxygen atoms in total. The zero-order chi connectivity index (χ0) is 20.7. The minimum Gasteiger partial charge on any atom is -0.424 e. The number of benzene rings is 2. The molecular weight excluding hydrogens is 384 g/mol. The number of nitriles is 1. The Morgan fingerprint density at radius 3 is 2.55 bits per heavy atom. The Labute approximate surface area is 175 Å². The lowest BCUT2D eigenvalue weighted by molar-refractivity contribution is 0.522. The van der Waals surface area contributed by atoms with Crippen LogP contribution in [0.2, 0.25) is 5.02 Å². The van der Waals surface area contributed by atoms with Crippen molar-refractivity contribution in [2.24, 2.45) is 5.73 Å². The molecule has 2 N–H and O–H groups in total. The van der Waals surface area contributed by atoms with Crippen LogP contribution in [0.4, 0.5) is 11.6 Å². The van der Waals surface area contributed by atoms with E-state index in [0.717, 1.165) is 5.56 Å². The zero-order valence-electron chi connectivity index (χ0n) is 16.5. The lowest BCUT2D eigenvalue weighted by Crippen LogP contribution is -2.31. The summed E-state index contributed by atoms with van der Waals surface area (Å²) < 4.78 is 5.94. The summed E-state index contributed by atoms with van der Waals surface area (Å²) in [7, 11) is 0. The second-order valence-corrected chi connectivity index (χ2v) is 7.84. The quantitative estimate of drug-likeness (QED) is 0.602. The predicted octanol–water partition coefficient (Wildman–Crippen LogP) is 5.74. The summed E-state index contributed by atoms with van der Waals surface area (Å²) in [5.41, 5.74) is 10.5. The van der Waals surface area contributed by atoms with Crippen molar-refractivity contribution in [2.45, 2.75) is 32.6 Å². The molecule has 1 unspecified atom stereocenters. The van der Waals surface area contributed by atoms with E-state index in [2.05, 4.69) is 37.0 Å². The van der Waals surface area contributed by atoms with Gasteiger partial charge in [0.2, 0.25) is 5.88 Å². The van der Waals surface area contributed by atoms with Crippen molar-refractivity contribution >= 4 is 23.2 Å². The van der Waals surface area contributed by atoms with E-state index >= 15 is 0 Å². The molecule has 0 aliphatic carbocycles. The molecule has 1 aliphatic rings. The first-order chi connectivity index (χ1) is 13.9. The topological polar surface area (TPSA) is 79.1 Å². The van der Waals surface area contributed by atoms with Gasteiger partial charge >= 0.3 is 0 Å². The van der Waals surface area contributed by atoms with E-state index in [0.29, 0.717) is 45.5 Å². The van der Waals surface area contributed by atoms with Crippen LogP contribution in [0.3, 0.4) is 0 Å². The van der Waals surface area contributed by atoms with E-state index in [1.807, 2.05) is 24.3 Å². The number of fused-ring (bicyclic) bond motifs is 1. The van der Waals surface area contributed by atoms with Crippen LogP contribution in [0.5, 0.6) is 0 Å². The van der Waals surface area contributed by atoms with Crippen LogP contribution in [0.1, 0.15) is 48.4 Å². The van der Waals surface area contributed by atoms with E-state index in [9.17, 15) is 5.26 Å². The van der Waals surface area contributed by atoms with Gasteiger partial charge in [0, 0.05) is 11.9 Å².